The Hall–Kier alpha value is -1.88. The van der Waals surface area contributed by atoms with Crippen LogP contribution in [0.4, 0.5) is 10.5 Å². The van der Waals surface area contributed by atoms with Crippen LogP contribution in [0.1, 0.15) is 22.3 Å². The summed E-state index contributed by atoms with van der Waals surface area (Å²) in [6.07, 6.45) is 1.65. The maximum Gasteiger partial charge on any atom is 0.323 e. The minimum atomic E-state index is -0.0790. The van der Waals surface area contributed by atoms with Crippen LogP contribution in [-0.4, -0.2) is 23.2 Å². The number of nitrogens with zero attached hydrogens (tertiary/aromatic N) is 1. The number of amides is 2. The van der Waals surface area contributed by atoms with Gasteiger partial charge < -0.3 is 14.6 Å². The maximum atomic E-state index is 12.5. The second-order valence-electron chi connectivity index (χ2n) is 5.16. The first kappa shape index (κ1) is 14.1. The highest BCUT2D eigenvalue weighted by Gasteiger charge is 2.32. The Kier molecular flexibility index (Phi) is 3.92. The van der Waals surface area contributed by atoms with E-state index in [1.54, 1.807) is 18.0 Å². The molecule has 4 nitrogen and oxygen atoms in total. The Labute approximate surface area is 128 Å². The number of nitrogens with one attached hydrogen (secondary N) is 1. The number of benzene rings is 1. The van der Waals surface area contributed by atoms with E-state index >= 15 is 0 Å². The smallest absolute Gasteiger partial charge is 0.323 e. The van der Waals surface area contributed by atoms with Crippen LogP contribution in [0.2, 0.25) is 0 Å². The van der Waals surface area contributed by atoms with Crippen molar-refractivity contribution in [2.75, 3.05) is 17.6 Å². The van der Waals surface area contributed by atoms with E-state index in [1.165, 1.54) is 11.1 Å². The van der Waals surface area contributed by atoms with Gasteiger partial charge in [0.05, 0.1) is 6.26 Å². The average Bonchev–Trinajstić information content (AvgIpc) is 3.12. The fraction of sp³-hybridized carbons (Fsp3) is 0.312. The third-order valence-corrected chi connectivity index (χ3v) is 4.92. The summed E-state index contributed by atoms with van der Waals surface area (Å²) < 4.78 is 5.44. The van der Waals surface area contributed by atoms with Crippen molar-refractivity contribution < 1.29 is 9.21 Å². The van der Waals surface area contributed by atoms with Crippen LogP contribution in [0, 0.1) is 13.8 Å². The molecular weight excluding hydrogens is 284 g/mol. The SMILES string of the molecule is Cc1ccc(NC(=O)N2CCS[C@@H]2c2ccco2)cc1C. The maximum absolute atomic E-state index is 12.5. The zero-order chi connectivity index (χ0) is 14.8. The van der Waals surface area contributed by atoms with Crippen LogP contribution in [-0.2, 0) is 0 Å². The number of hydrogen-bond acceptors (Lipinski definition) is 3. The highest BCUT2D eigenvalue weighted by atomic mass is 32.2. The molecule has 1 aliphatic heterocycles. The Bertz CT molecular complexity index is 640. The Morgan fingerprint density at radius 1 is 1.33 bits per heavy atom. The van der Waals surface area contributed by atoms with Crippen molar-refractivity contribution in [3.8, 4) is 0 Å². The molecule has 1 aromatic carbocycles. The molecule has 21 heavy (non-hydrogen) atoms. The summed E-state index contributed by atoms with van der Waals surface area (Å²) in [6.45, 7) is 4.83. The minimum Gasteiger partial charge on any atom is -0.466 e. The van der Waals surface area contributed by atoms with Crippen molar-refractivity contribution in [2.24, 2.45) is 0 Å². The van der Waals surface area contributed by atoms with Crippen LogP contribution in [0.3, 0.4) is 0 Å². The highest BCUT2D eigenvalue weighted by Crippen LogP contribution is 2.38. The van der Waals surface area contributed by atoms with Gasteiger partial charge >= 0.3 is 6.03 Å². The Morgan fingerprint density at radius 2 is 2.19 bits per heavy atom. The van der Waals surface area contributed by atoms with E-state index in [4.69, 9.17) is 4.42 Å². The molecule has 2 heterocycles. The van der Waals surface area contributed by atoms with Crippen molar-refractivity contribution in [1.82, 2.24) is 4.90 Å². The number of furan rings is 1. The molecule has 2 aromatic rings. The topological polar surface area (TPSA) is 45.5 Å². The normalized spacial score (nSPS) is 18.0. The monoisotopic (exact) mass is 302 g/mol. The number of urea groups is 1. The van der Waals surface area contributed by atoms with Gasteiger partial charge in [-0.05, 0) is 49.2 Å². The van der Waals surface area contributed by atoms with E-state index in [-0.39, 0.29) is 11.4 Å². The van der Waals surface area contributed by atoms with E-state index in [2.05, 4.69) is 12.2 Å². The van der Waals surface area contributed by atoms with Gasteiger partial charge in [-0.1, -0.05) is 6.07 Å². The molecule has 1 aliphatic rings. The number of thioether (sulfide) groups is 1. The van der Waals surface area contributed by atoms with E-state index in [1.807, 2.05) is 42.2 Å². The summed E-state index contributed by atoms with van der Waals surface area (Å²) in [7, 11) is 0. The first-order valence-corrected chi connectivity index (χ1v) is 8.00. The fourth-order valence-corrected chi connectivity index (χ4v) is 3.56. The molecule has 110 valence electrons. The molecule has 1 fully saturated rings. The average molecular weight is 302 g/mol. The van der Waals surface area contributed by atoms with Gasteiger partial charge in [-0.15, -0.1) is 11.8 Å². The molecule has 5 heteroatoms. The summed E-state index contributed by atoms with van der Waals surface area (Å²) in [5.74, 6) is 1.75. The molecule has 2 amide bonds. The molecule has 1 aromatic heterocycles. The highest BCUT2D eigenvalue weighted by molar-refractivity contribution is 7.99. The first-order chi connectivity index (χ1) is 10.1. The lowest BCUT2D eigenvalue weighted by Crippen LogP contribution is -2.34. The van der Waals surface area contributed by atoms with Crippen molar-refractivity contribution in [1.29, 1.82) is 0 Å². The Balaban J connectivity index is 1.73. The zero-order valence-corrected chi connectivity index (χ0v) is 12.9. The summed E-state index contributed by atoms with van der Waals surface area (Å²) in [5.41, 5.74) is 3.22. The van der Waals surface area contributed by atoms with E-state index in [0.717, 1.165) is 23.7 Å². The van der Waals surface area contributed by atoms with Crippen LogP contribution >= 0.6 is 11.8 Å². The molecule has 0 spiro atoms. The standard InChI is InChI=1S/C16H18N2O2S/c1-11-5-6-13(10-12(11)2)17-16(19)18-7-9-21-15(18)14-4-3-8-20-14/h3-6,8,10,15H,7,9H2,1-2H3,(H,17,19)/t15-/m1/s1. The predicted molar refractivity (Wildman–Crippen MR) is 85.5 cm³/mol. The van der Waals surface area contributed by atoms with Crippen molar-refractivity contribution in [3.05, 3.63) is 53.5 Å². The van der Waals surface area contributed by atoms with Crippen LogP contribution < -0.4 is 5.32 Å². The van der Waals surface area contributed by atoms with Crippen molar-refractivity contribution >= 4 is 23.5 Å². The largest absolute Gasteiger partial charge is 0.466 e. The van der Waals surface area contributed by atoms with E-state index in [0.29, 0.717) is 0 Å². The number of rotatable bonds is 2. The number of anilines is 1. The minimum absolute atomic E-state index is 0.0356. The van der Waals surface area contributed by atoms with Crippen molar-refractivity contribution in [2.45, 2.75) is 19.2 Å². The second-order valence-corrected chi connectivity index (χ2v) is 6.35. The van der Waals surface area contributed by atoms with Gasteiger partial charge in [-0.3, -0.25) is 0 Å². The summed E-state index contributed by atoms with van der Waals surface area (Å²) in [5, 5.41) is 2.94. The molecule has 1 N–H and O–H groups in total. The molecule has 0 radical (unpaired) electrons. The van der Waals surface area contributed by atoms with Crippen LogP contribution in [0.25, 0.3) is 0 Å². The van der Waals surface area contributed by atoms with Crippen LogP contribution in [0.15, 0.2) is 41.0 Å². The summed E-state index contributed by atoms with van der Waals surface area (Å²) in [4.78, 5) is 14.3. The lowest BCUT2D eigenvalue weighted by atomic mass is 10.1. The fourth-order valence-electron chi connectivity index (χ4n) is 2.36. The number of aryl methyl sites for hydroxylation is 2. The van der Waals surface area contributed by atoms with Crippen LogP contribution in [0.5, 0.6) is 0 Å². The second kappa shape index (κ2) is 5.85. The lowest BCUT2D eigenvalue weighted by Gasteiger charge is -2.22. The van der Waals surface area contributed by atoms with Gasteiger partial charge in [0.1, 0.15) is 11.1 Å². The number of carbonyl (C=O) groups excluding carboxylic acids is 1. The van der Waals surface area contributed by atoms with Gasteiger partial charge in [-0.2, -0.15) is 0 Å². The van der Waals surface area contributed by atoms with Gasteiger partial charge in [0.25, 0.3) is 0 Å². The molecule has 1 atom stereocenters. The number of hydrogen-bond donors (Lipinski definition) is 1. The molecule has 1 saturated heterocycles. The molecule has 0 bridgehead atoms. The third-order valence-electron chi connectivity index (χ3n) is 3.70. The third kappa shape index (κ3) is 2.93. The molecule has 0 saturated carbocycles. The molecule has 0 aliphatic carbocycles. The van der Waals surface area contributed by atoms with Gasteiger partial charge in [0.2, 0.25) is 0 Å². The summed E-state index contributed by atoms with van der Waals surface area (Å²) in [6, 6.07) is 9.65. The van der Waals surface area contributed by atoms with E-state index < -0.39 is 0 Å². The molecule has 0 unspecified atom stereocenters. The Morgan fingerprint density at radius 3 is 2.90 bits per heavy atom. The van der Waals surface area contributed by atoms with Crippen molar-refractivity contribution in [3.63, 3.8) is 0 Å². The summed E-state index contributed by atoms with van der Waals surface area (Å²) >= 11 is 1.72. The molecule has 3 rings (SSSR count). The predicted octanol–water partition coefficient (Wildman–Crippen LogP) is 4.18. The quantitative estimate of drug-likeness (QED) is 0.905. The van der Waals surface area contributed by atoms with E-state index in [9.17, 15) is 4.79 Å². The van der Waals surface area contributed by atoms with Gasteiger partial charge in [0.15, 0.2) is 0 Å². The first-order valence-electron chi connectivity index (χ1n) is 6.95. The van der Waals surface area contributed by atoms with Gasteiger partial charge in [-0.25, -0.2) is 4.79 Å². The lowest BCUT2D eigenvalue weighted by molar-refractivity contribution is 0.210. The zero-order valence-electron chi connectivity index (χ0n) is 12.1. The number of carbonyl (C=O) groups is 1. The van der Waals surface area contributed by atoms with Gasteiger partial charge in [0, 0.05) is 18.0 Å². The molecular formula is C16H18N2O2S.